The van der Waals surface area contributed by atoms with Crippen molar-refractivity contribution in [2.75, 3.05) is 18.4 Å². The summed E-state index contributed by atoms with van der Waals surface area (Å²) >= 11 is 0. The van der Waals surface area contributed by atoms with Gasteiger partial charge in [0, 0.05) is 18.2 Å². The van der Waals surface area contributed by atoms with Gasteiger partial charge in [-0.3, -0.25) is 4.79 Å². The Balaban J connectivity index is 2.55. The molecular weight excluding hydrogens is 236 g/mol. The molecule has 1 aromatic carbocycles. The van der Waals surface area contributed by atoms with Gasteiger partial charge in [0.05, 0.1) is 0 Å². The summed E-state index contributed by atoms with van der Waals surface area (Å²) in [6, 6.07) is 8.16. The van der Waals surface area contributed by atoms with Crippen molar-refractivity contribution in [2.24, 2.45) is 5.92 Å². The Labute approximate surface area is 116 Å². The van der Waals surface area contributed by atoms with E-state index in [-0.39, 0.29) is 11.8 Å². The fourth-order valence-electron chi connectivity index (χ4n) is 1.85. The standard InChI is InChI=1S/C16H26N2O/c1-5-12(3)14-7-9-15(10-8-14)18-16(19)13(4)11-17-6-2/h7-10,12-13,17H,5-6,11H2,1-4H3,(H,18,19). The van der Waals surface area contributed by atoms with Crippen LogP contribution in [-0.2, 0) is 4.79 Å². The van der Waals surface area contributed by atoms with E-state index in [4.69, 9.17) is 0 Å². The summed E-state index contributed by atoms with van der Waals surface area (Å²) in [7, 11) is 0. The van der Waals surface area contributed by atoms with Crippen LogP contribution in [0.4, 0.5) is 5.69 Å². The highest BCUT2D eigenvalue weighted by Gasteiger charge is 2.12. The number of benzene rings is 1. The number of nitrogens with one attached hydrogen (secondary N) is 2. The van der Waals surface area contributed by atoms with Crippen molar-refractivity contribution in [3.05, 3.63) is 29.8 Å². The van der Waals surface area contributed by atoms with E-state index in [2.05, 4.69) is 36.6 Å². The molecule has 3 heteroatoms. The summed E-state index contributed by atoms with van der Waals surface area (Å²) in [5.74, 6) is 0.615. The monoisotopic (exact) mass is 262 g/mol. The normalized spacial score (nSPS) is 13.9. The van der Waals surface area contributed by atoms with Gasteiger partial charge >= 0.3 is 0 Å². The minimum absolute atomic E-state index is 0.0193. The fourth-order valence-corrected chi connectivity index (χ4v) is 1.85. The molecule has 3 nitrogen and oxygen atoms in total. The zero-order chi connectivity index (χ0) is 14.3. The van der Waals surface area contributed by atoms with E-state index in [1.165, 1.54) is 5.56 Å². The smallest absolute Gasteiger partial charge is 0.228 e. The van der Waals surface area contributed by atoms with Crippen LogP contribution in [0.2, 0.25) is 0 Å². The van der Waals surface area contributed by atoms with Gasteiger partial charge in [-0.05, 0) is 36.6 Å². The van der Waals surface area contributed by atoms with Crippen molar-refractivity contribution in [3.8, 4) is 0 Å². The topological polar surface area (TPSA) is 41.1 Å². The van der Waals surface area contributed by atoms with Gasteiger partial charge in [0.1, 0.15) is 0 Å². The lowest BCUT2D eigenvalue weighted by Crippen LogP contribution is -2.30. The second-order valence-electron chi connectivity index (χ2n) is 5.13. The van der Waals surface area contributed by atoms with E-state index in [9.17, 15) is 4.79 Å². The fraction of sp³-hybridized carbons (Fsp3) is 0.562. The lowest BCUT2D eigenvalue weighted by Gasteiger charge is -2.14. The van der Waals surface area contributed by atoms with Crippen molar-refractivity contribution < 1.29 is 4.79 Å². The molecule has 0 aliphatic rings. The highest BCUT2D eigenvalue weighted by molar-refractivity contribution is 5.92. The Kier molecular flexibility index (Phi) is 6.57. The van der Waals surface area contributed by atoms with Crippen LogP contribution in [0.25, 0.3) is 0 Å². The third-order valence-electron chi connectivity index (χ3n) is 3.51. The molecule has 106 valence electrons. The maximum Gasteiger partial charge on any atom is 0.228 e. The van der Waals surface area contributed by atoms with Gasteiger partial charge in [0.2, 0.25) is 5.91 Å². The summed E-state index contributed by atoms with van der Waals surface area (Å²) < 4.78 is 0. The van der Waals surface area contributed by atoms with Crippen molar-refractivity contribution in [1.82, 2.24) is 5.32 Å². The molecule has 0 saturated carbocycles. The van der Waals surface area contributed by atoms with Crippen LogP contribution in [0.15, 0.2) is 24.3 Å². The molecule has 0 heterocycles. The van der Waals surface area contributed by atoms with E-state index in [1.807, 2.05) is 26.0 Å². The third kappa shape index (κ3) is 5.03. The van der Waals surface area contributed by atoms with Gasteiger partial charge in [0.15, 0.2) is 0 Å². The molecule has 19 heavy (non-hydrogen) atoms. The van der Waals surface area contributed by atoms with Crippen LogP contribution in [0.3, 0.4) is 0 Å². The molecule has 0 saturated heterocycles. The average Bonchev–Trinajstić information content (AvgIpc) is 2.44. The van der Waals surface area contributed by atoms with Crippen LogP contribution in [0, 0.1) is 5.92 Å². The predicted molar refractivity (Wildman–Crippen MR) is 81.5 cm³/mol. The van der Waals surface area contributed by atoms with E-state index < -0.39 is 0 Å². The SMILES string of the molecule is CCNCC(C)C(=O)Nc1ccc(C(C)CC)cc1. The number of carbonyl (C=O) groups is 1. The minimum Gasteiger partial charge on any atom is -0.326 e. The highest BCUT2D eigenvalue weighted by Crippen LogP contribution is 2.20. The summed E-state index contributed by atoms with van der Waals surface area (Å²) in [5.41, 5.74) is 2.20. The Morgan fingerprint density at radius 2 is 1.79 bits per heavy atom. The van der Waals surface area contributed by atoms with Gasteiger partial charge in [-0.1, -0.05) is 39.8 Å². The van der Waals surface area contributed by atoms with Crippen molar-refractivity contribution in [3.63, 3.8) is 0 Å². The minimum atomic E-state index is -0.0193. The second-order valence-corrected chi connectivity index (χ2v) is 5.13. The first-order chi connectivity index (χ1) is 9.08. The molecule has 2 atom stereocenters. The Morgan fingerprint density at radius 1 is 1.16 bits per heavy atom. The Morgan fingerprint density at radius 3 is 2.32 bits per heavy atom. The number of rotatable bonds is 7. The van der Waals surface area contributed by atoms with Gasteiger partial charge in [-0.15, -0.1) is 0 Å². The zero-order valence-electron chi connectivity index (χ0n) is 12.5. The van der Waals surface area contributed by atoms with Gasteiger partial charge in [-0.25, -0.2) is 0 Å². The van der Waals surface area contributed by atoms with Gasteiger partial charge in [-0.2, -0.15) is 0 Å². The molecule has 0 spiro atoms. The first-order valence-corrected chi connectivity index (χ1v) is 7.20. The first kappa shape index (κ1) is 15.7. The lowest BCUT2D eigenvalue weighted by molar-refractivity contribution is -0.119. The molecule has 0 aliphatic carbocycles. The second kappa shape index (κ2) is 7.95. The number of carbonyl (C=O) groups excluding carboxylic acids is 1. The molecular formula is C16H26N2O. The summed E-state index contributed by atoms with van der Waals surface area (Å²) in [6.07, 6.45) is 1.13. The number of anilines is 1. The Bertz CT molecular complexity index is 386. The lowest BCUT2D eigenvalue weighted by atomic mass is 9.98. The molecule has 0 radical (unpaired) electrons. The number of hydrogen-bond donors (Lipinski definition) is 2. The third-order valence-corrected chi connectivity index (χ3v) is 3.51. The average molecular weight is 262 g/mol. The summed E-state index contributed by atoms with van der Waals surface area (Å²) in [6.45, 7) is 9.98. The molecule has 0 fully saturated rings. The zero-order valence-corrected chi connectivity index (χ0v) is 12.5. The number of amides is 1. The molecule has 1 aromatic rings. The number of hydrogen-bond acceptors (Lipinski definition) is 2. The summed E-state index contributed by atoms with van der Waals surface area (Å²) in [5, 5.41) is 6.14. The molecule has 0 aliphatic heterocycles. The van der Waals surface area contributed by atoms with Gasteiger partial charge in [0.25, 0.3) is 0 Å². The maximum atomic E-state index is 11.9. The molecule has 1 amide bonds. The van der Waals surface area contributed by atoms with E-state index in [0.29, 0.717) is 12.5 Å². The van der Waals surface area contributed by atoms with Crippen molar-refractivity contribution in [2.45, 2.75) is 40.0 Å². The van der Waals surface area contributed by atoms with Gasteiger partial charge < -0.3 is 10.6 Å². The molecule has 0 aromatic heterocycles. The highest BCUT2D eigenvalue weighted by atomic mass is 16.1. The quantitative estimate of drug-likeness (QED) is 0.791. The van der Waals surface area contributed by atoms with E-state index in [1.54, 1.807) is 0 Å². The van der Waals surface area contributed by atoms with E-state index >= 15 is 0 Å². The van der Waals surface area contributed by atoms with Crippen LogP contribution >= 0.6 is 0 Å². The van der Waals surface area contributed by atoms with Crippen LogP contribution < -0.4 is 10.6 Å². The molecule has 0 bridgehead atoms. The molecule has 1 rings (SSSR count). The maximum absolute atomic E-state index is 11.9. The van der Waals surface area contributed by atoms with Crippen LogP contribution in [0.5, 0.6) is 0 Å². The molecule has 2 N–H and O–H groups in total. The summed E-state index contributed by atoms with van der Waals surface area (Å²) in [4.78, 5) is 11.9. The molecule has 2 unspecified atom stereocenters. The van der Waals surface area contributed by atoms with Crippen LogP contribution in [0.1, 0.15) is 45.6 Å². The van der Waals surface area contributed by atoms with Crippen molar-refractivity contribution >= 4 is 11.6 Å². The van der Waals surface area contributed by atoms with Crippen molar-refractivity contribution in [1.29, 1.82) is 0 Å². The predicted octanol–water partition coefficient (Wildman–Crippen LogP) is 3.38. The first-order valence-electron chi connectivity index (χ1n) is 7.20. The Hall–Kier alpha value is -1.35. The van der Waals surface area contributed by atoms with E-state index in [0.717, 1.165) is 18.7 Å². The largest absolute Gasteiger partial charge is 0.326 e. The van der Waals surface area contributed by atoms with Crippen LogP contribution in [-0.4, -0.2) is 19.0 Å².